The van der Waals surface area contributed by atoms with Crippen molar-refractivity contribution in [3.63, 3.8) is 0 Å². The topological polar surface area (TPSA) is 93.4 Å². The maximum absolute atomic E-state index is 12.2. The van der Waals surface area contributed by atoms with Crippen LogP contribution in [-0.2, 0) is 4.79 Å². The van der Waals surface area contributed by atoms with Gasteiger partial charge in [-0.3, -0.25) is 4.79 Å². The summed E-state index contributed by atoms with van der Waals surface area (Å²) in [6.07, 6.45) is 1.31. The highest BCUT2D eigenvalue weighted by Gasteiger charge is 2.14. The first-order valence-electron chi connectivity index (χ1n) is 7.00. The van der Waals surface area contributed by atoms with Crippen LogP contribution < -0.4 is 5.32 Å². The first kappa shape index (κ1) is 16.1. The molecule has 0 bridgehead atoms. The molecule has 0 saturated heterocycles. The summed E-state index contributed by atoms with van der Waals surface area (Å²) >= 11 is 0. The highest BCUT2D eigenvalue weighted by Crippen LogP contribution is 2.22. The van der Waals surface area contributed by atoms with Gasteiger partial charge in [0.2, 0.25) is 0 Å². The number of hydrogen-bond donors (Lipinski definition) is 3. The molecule has 23 heavy (non-hydrogen) atoms. The van der Waals surface area contributed by atoms with E-state index in [1.165, 1.54) is 24.3 Å². The molecule has 2 rings (SSSR count). The van der Waals surface area contributed by atoms with Crippen molar-refractivity contribution in [1.29, 1.82) is 5.26 Å². The number of nitriles is 1. The number of carbonyl (C=O) groups is 1. The van der Waals surface area contributed by atoms with E-state index >= 15 is 0 Å². The number of nitrogens with zero attached hydrogens (tertiary/aromatic N) is 1. The van der Waals surface area contributed by atoms with Gasteiger partial charge in [0.1, 0.15) is 23.1 Å². The molecule has 0 unspecified atom stereocenters. The number of rotatable bonds is 4. The fraction of sp³-hybridized carbons (Fsp3) is 0.111. The molecule has 116 valence electrons. The van der Waals surface area contributed by atoms with Gasteiger partial charge in [0.25, 0.3) is 5.91 Å². The van der Waals surface area contributed by atoms with Gasteiger partial charge in [-0.15, -0.1) is 0 Å². The molecule has 5 heteroatoms. The molecule has 2 aromatic carbocycles. The third-order valence-corrected chi connectivity index (χ3v) is 3.25. The van der Waals surface area contributed by atoms with Gasteiger partial charge in [0.05, 0.1) is 6.04 Å². The Kier molecular flexibility index (Phi) is 5.00. The first-order chi connectivity index (χ1) is 11.0. The Hall–Kier alpha value is -3.26. The Morgan fingerprint density at radius 3 is 2.35 bits per heavy atom. The molecule has 1 atom stereocenters. The van der Waals surface area contributed by atoms with Crippen LogP contribution in [-0.4, -0.2) is 16.1 Å². The average Bonchev–Trinajstić information content (AvgIpc) is 2.52. The third-order valence-electron chi connectivity index (χ3n) is 3.25. The van der Waals surface area contributed by atoms with Crippen molar-refractivity contribution < 1.29 is 15.0 Å². The maximum Gasteiger partial charge on any atom is 0.262 e. The second-order valence-corrected chi connectivity index (χ2v) is 5.06. The summed E-state index contributed by atoms with van der Waals surface area (Å²) < 4.78 is 0. The van der Waals surface area contributed by atoms with E-state index in [4.69, 9.17) is 0 Å². The lowest BCUT2D eigenvalue weighted by Gasteiger charge is -2.13. The zero-order valence-electron chi connectivity index (χ0n) is 12.5. The second-order valence-electron chi connectivity index (χ2n) is 5.06. The van der Waals surface area contributed by atoms with Crippen LogP contribution in [0, 0.1) is 11.3 Å². The van der Waals surface area contributed by atoms with Crippen molar-refractivity contribution in [2.45, 2.75) is 13.0 Å². The number of hydrogen-bond acceptors (Lipinski definition) is 4. The van der Waals surface area contributed by atoms with E-state index < -0.39 is 5.91 Å². The van der Waals surface area contributed by atoms with E-state index in [1.54, 1.807) is 0 Å². The molecule has 5 nitrogen and oxygen atoms in total. The van der Waals surface area contributed by atoms with E-state index in [1.807, 2.05) is 43.3 Å². The number of carbonyl (C=O) groups excluding carboxylic acids is 1. The molecule has 0 saturated carbocycles. The number of amides is 1. The number of phenolic OH excluding ortho intramolecular Hbond substituents is 2. The van der Waals surface area contributed by atoms with E-state index in [-0.39, 0.29) is 23.1 Å². The Morgan fingerprint density at radius 1 is 1.17 bits per heavy atom. The minimum absolute atomic E-state index is 0.113. The van der Waals surface area contributed by atoms with Crippen LogP contribution in [0.4, 0.5) is 0 Å². The Balaban J connectivity index is 2.18. The fourth-order valence-electron chi connectivity index (χ4n) is 2.12. The monoisotopic (exact) mass is 308 g/mol. The van der Waals surface area contributed by atoms with Crippen molar-refractivity contribution in [2.75, 3.05) is 0 Å². The van der Waals surface area contributed by atoms with Gasteiger partial charge in [0, 0.05) is 6.07 Å². The lowest BCUT2D eigenvalue weighted by molar-refractivity contribution is -0.117. The molecule has 0 fully saturated rings. The largest absolute Gasteiger partial charge is 0.508 e. The van der Waals surface area contributed by atoms with Crippen LogP contribution in [0.3, 0.4) is 0 Å². The van der Waals surface area contributed by atoms with Crippen LogP contribution in [0.15, 0.2) is 54.1 Å². The van der Waals surface area contributed by atoms with Crippen LogP contribution in [0.5, 0.6) is 11.5 Å². The normalized spacial score (nSPS) is 12.3. The van der Waals surface area contributed by atoms with Gasteiger partial charge < -0.3 is 15.5 Å². The summed E-state index contributed by atoms with van der Waals surface area (Å²) in [7, 11) is 0. The molecule has 0 heterocycles. The average molecular weight is 308 g/mol. The lowest BCUT2D eigenvalue weighted by Crippen LogP contribution is -2.27. The highest BCUT2D eigenvalue weighted by molar-refractivity contribution is 6.01. The second kappa shape index (κ2) is 7.14. The lowest BCUT2D eigenvalue weighted by atomic mass is 10.1. The minimum atomic E-state index is -0.522. The summed E-state index contributed by atoms with van der Waals surface area (Å²) in [6, 6.07) is 14.8. The Bertz CT molecular complexity index is 756. The SMILES string of the molecule is C[C@H](NC(=O)C(C#N)=Cc1cc(O)cc(O)c1)c1ccccc1. The molecule has 0 aliphatic carbocycles. The van der Waals surface area contributed by atoms with Crippen molar-refractivity contribution in [3.05, 3.63) is 65.2 Å². The van der Waals surface area contributed by atoms with Crippen LogP contribution in [0.1, 0.15) is 24.1 Å². The molecular weight excluding hydrogens is 292 g/mol. The number of benzene rings is 2. The van der Waals surface area contributed by atoms with Crippen LogP contribution in [0.2, 0.25) is 0 Å². The molecule has 1 amide bonds. The van der Waals surface area contributed by atoms with E-state index in [2.05, 4.69) is 5.32 Å². The predicted octanol–water partition coefficient (Wildman–Crippen LogP) is 2.88. The van der Waals surface area contributed by atoms with Crippen molar-refractivity contribution in [3.8, 4) is 17.6 Å². The molecule has 0 aromatic heterocycles. The molecule has 3 N–H and O–H groups in total. The Morgan fingerprint density at radius 2 is 1.78 bits per heavy atom. The maximum atomic E-state index is 12.2. The van der Waals surface area contributed by atoms with Crippen molar-refractivity contribution in [1.82, 2.24) is 5.32 Å². The third kappa shape index (κ3) is 4.35. The molecule has 0 radical (unpaired) electrons. The standard InChI is InChI=1S/C18H16N2O3/c1-12(14-5-3-2-4-6-14)20-18(23)15(11-19)7-13-8-16(21)10-17(22)9-13/h2-10,12,21-22H,1H3,(H,20,23)/t12-/m0/s1. The molecular formula is C18H16N2O3. The van der Waals surface area contributed by atoms with Gasteiger partial charge in [-0.25, -0.2) is 0 Å². The van der Waals surface area contributed by atoms with Gasteiger partial charge in [-0.05, 0) is 36.3 Å². The summed E-state index contributed by atoms with van der Waals surface area (Å²) in [5.41, 5.74) is 1.17. The zero-order valence-corrected chi connectivity index (χ0v) is 12.5. The van der Waals surface area contributed by atoms with Crippen molar-refractivity contribution >= 4 is 12.0 Å². The quantitative estimate of drug-likeness (QED) is 0.598. The van der Waals surface area contributed by atoms with E-state index in [0.29, 0.717) is 5.56 Å². The minimum Gasteiger partial charge on any atom is -0.508 e. The predicted molar refractivity (Wildman–Crippen MR) is 86.4 cm³/mol. The van der Waals surface area contributed by atoms with Gasteiger partial charge >= 0.3 is 0 Å². The summed E-state index contributed by atoms with van der Waals surface area (Å²) in [4.78, 5) is 12.2. The molecule has 2 aromatic rings. The number of aromatic hydroxyl groups is 2. The number of nitrogens with one attached hydrogen (secondary N) is 1. The van der Waals surface area contributed by atoms with Crippen LogP contribution >= 0.6 is 0 Å². The highest BCUT2D eigenvalue weighted by atomic mass is 16.3. The number of phenols is 2. The van der Waals surface area contributed by atoms with Gasteiger partial charge in [-0.2, -0.15) is 5.26 Å². The zero-order chi connectivity index (χ0) is 16.8. The molecule has 0 aliphatic rings. The van der Waals surface area contributed by atoms with Gasteiger partial charge in [0.15, 0.2) is 0 Å². The van der Waals surface area contributed by atoms with E-state index in [9.17, 15) is 20.3 Å². The molecule has 0 aliphatic heterocycles. The van der Waals surface area contributed by atoms with Crippen LogP contribution in [0.25, 0.3) is 6.08 Å². The van der Waals surface area contributed by atoms with Crippen molar-refractivity contribution in [2.24, 2.45) is 0 Å². The Labute approximate surface area is 134 Å². The summed E-state index contributed by atoms with van der Waals surface area (Å²) in [5, 5.41) is 30.8. The van der Waals surface area contributed by atoms with E-state index in [0.717, 1.165) is 5.56 Å². The van der Waals surface area contributed by atoms with Gasteiger partial charge in [-0.1, -0.05) is 30.3 Å². The first-order valence-corrected chi connectivity index (χ1v) is 7.00. The summed E-state index contributed by atoms with van der Waals surface area (Å²) in [5.74, 6) is -0.815. The summed E-state index contributed by atoms with van der Waals surface area (Å²) in [6.45, 7) is 1.82. The fourth-order valence-corrected chi connectivity index (χ4v) is 2.12. The molecule has 0 spiro atoms. The smallest absolute Gasteiger partial charge is 0.262 e.